The van der Waals surface area contributed by atoms with Crippen LogP contribution in [-0.4, -0.2) is 11.0 Å². The molecule has 108 valence electrons. The molecule has 0 radical (unpaired) electrons. The van der Waals surface area contributed by atoms with E-state index in [4.69, 9.17) is 4.74 Å². The Bertz CT molecular complexity index is 626. The van der Waals surface area contributed by atoms with Crippen molar-refractivity contribution < 1.29 is 14.5 Å². The predicted octanol–water partition coefficient (Wildman–Crippen LogP) is 3.90. The van der Waals surface area contributed by atoms with Gasteiger partial charge in [0.2, 0.25) is 0 Å². The van der Waals surface area contributed by atoms with Crippen LogP contribution in [0.3, 0.4) is 0 Å². The fourth-order valence-corrected chi connectivity index (χ4v) is 1.77. The average Bonchev–Trinajstić information content (AvgIpc) is 2.48. The summed E-state index contributed by atoms with van der Waals surface area (Å²) in [5.41, 5.74) is 1.29. The van der Waals surface area contributed by atoms with Crippen molar-refractivity contribution in [2.24, 2.45) is 0 Å². The second-order valence-electron chi connectivity index (χ2n) is 4.39. The summed E-state index contributed by atoms with van der Waals surface area (Å²) in [6, 6.07) is 14.9. The monoisotopic (exact) mass is 286 g/mol. The van der Waals surface area contributed by atoms with Crippen LogP contribution in [0.2, 0.25) is 0 Å². The number of ether oxygens (including phenoxy) is 1. The van der Waals surface area contributed by atoms with Gasteiger partial charge in [-0.25, -0.2) is 4.79 Å². The molecule has 2 aromatic rings. The molecule has 0 saturated heterocycles. The van der Waals surface area contributed by atoms with Crippen molar-refractivity contribution in [1.29, 1.82) is 0 Å². The van der Waals surface area contributed by atoms with Crippen LogP contribution < -0.4 is 5.32 Å². The third-order valence-corrected chi connectivity index (χ3v) is 2.88. The van der Waals surface area contributed by atoms with Gasteiger partial charge < -0.3 is 4.74 Å². The fourth-order valence-electron chi connectivity index (χ4n) is 1.77. The third kappa shape index (κ3) is 4.04. The summed E-state index contributed by atoms with van der Waals surface area (Å²) < 4.78 is 5.23. The molecule has 0 fully saturated rings. The summed E-state index contributed by atoms with van der Waals surface area (Å²) in [6.07, 6.45) is -0.996. The van der Waals surface area contributed by atoms with Gasteiger partial charge in [-0.3, -0.25) is 15.4 Å². The number of non-ortho nitro benzene ring substituents is 1. The molecule has 0 bridgehead atoms. The van der Waals surface area contributed by atoms with Gasteiger partial charge in [0.15, 0.2) is 0 Å². The molecule has 0 aliphatic rings. The van der Waals surface area contributed by atoms with E-state index in [9.17, 15) is 14.9 Å². The molecule has 0 heterocycles. The molecule has 0 aliphatic heterocycles. The maximum Gasteiger partial charge on any atom is 0.412 e. The quantitative estimate of drug-likeness (QED) is 0.682. The molecule has 6 heteroatoms. The van der Waals surface area contributed by atoms with Crippen molar-refractivity contribution in [3.63, 3.8) is 0 Å². The van der Waals surface area contributed by atoms with Crippen molar-refractivity contribution in [3.05, 3.63) is 70.3 Å². The van der Waals surface area contributed by atoms with Crippen molar-refractivity contribution >= 4 is 17.5 Å². The van der Waals surface area contributed by atoms with E-state index in [-0.39, 0.29) is 11.8 Å². The number of carbonyl (C=O) groups is 1. The number of hydrogen-bond donors (Lipinski definition) is 1. The van der Waals surface area contributed by atoms with E-state index in [0.717, 1.165) is 5.56 Å². The summed E-state index contributed by atoms with van der Waals surface area (Å²) >= 11 is 0. The van der Waals surface area contributed by atoms with E-state index < -0.39 is 11.0 Å². The number of benzene rings is 2. The van der Waals surface area contributed by atoms with Crippen molar-refractivity contribution in [2.45, 2.75) is 13.0 Å². The van der Waals surface area contributed by atoms with Crippen LogP contribution in [0.25, 0.3) is 0 Å². The standard InChI is InChI=1S/C15H14N2O4/c1-11(12-5-3-2-4-6-12)21-15(18)16-13-7-9-14(10-8-13)17(19)20/h2-11H,1H3,(H,16,18)/t11-/m0/s1. The fraction of sp³-hybridized carbons (Fsp3) is 0.133. The normalized spacial score (nSPS) is 11.5. The number of nitro groups is 1. The molecule has 0 aromatic heterocycles. The number of hydrogen-bond acceptors (Lipinski definition) is 4. The van der Waals surface area contributed by atoms with Gasteiger partial charge in [0.25, 0.3) is 5.69 Å². The van der Waals surface area contributed by atoms with E-state index in [2.05, 4.69) is 5.32 Å². The summed E-state index contributed by atoms with van der Waals surface area (Å²) in [5.74, 6) is 0. The molecule has 1 amide bonds. The minimum atomic E-state index is -0.611. The first-order chi connectivity index (χ1) is 10.1. The van der Waals surface area contributed by atoms with E-state index in [1.807, 2.05) is 30.3 Å². The number of rotatable bonds is 4. The highest BCUT2D eigenvalue weighted by molar-refractivity contribution is 5.84. The lowest BCUT2D eigenvalue weighted by atomic mass is 10.1. The Kier molecular flexibility index (Phi) is 4.50. The van der Waals surface area contributed by atoms with Crippen molar-refractivity contribution in [1.82, 2.24) is 0 Å². The molecule has 2 rings (SSSR count). The minimum absolute atomic E-state index is 0.0356. The maximum atomic E-state index is 11.7. The van der Waals surface area contributed by atoms with E-state index in [0.29, 0.717) is 5.69 Å². The van der Waals surface area contributed by atoms with Gasteiger partial charge in [-0.1, -0.05) is 30.3 Å². The Labute approximate surface area is 121 Å². The number of nitrogens with zero attached hydrogens (tertiary/aromatic N) is 1. The van der Waals surface area contributed by atoms with Crippen LogP contribution in [0.15, 0.2) is 54.6 Å². The zero-order chi connectivity index (χ0) is 15.2. The predicted molar refractivity (Wildman–Crippen MR) is 78.1 cm³/mol. The maximum absolute atomic E-state index is 11.7. The van der Waals surface area contributed by atoms with Crippen LogP contribution >= 0.6 is 0 Å². The lowest BCUT2D eigenvalue weighted by Crippen LogP contribution is -2.15. The van der Waals surface area contributed by atoms with E-state index >= 15 is 0 Å². The number of amides is 1. The SMILES string of the molecule is C[C@H](OC(=O)Nc1ccc([N+](=O)[O-])cc1)c1ccccc1. The Morgan fingerprint density at radius 1 is 1.14 bits per heavy atom. The molecule has 1 N–H and O–H groups in total. The second kappa shape index (κ2) is 6.51. The minimum Gasteiger partial charge on any atom is -0.441 e. The first-order valence-electron chi connectivity index (χ1n) is 6.33. The van der Waals surface area contributed by atoms with Crippen LogP contribution in [0.1, 0.15) is 18.6 Å². The van der Waals surface area contributed by atoms with Crippen molar-refractivity contribution in [3.8, 4) is 0 Å². The average molecular weight is 286 g/mol. The highest BCUT2D eigenvalue weighted by Gasteiger charge is 2.12. The van der Waals surface area contributed by atoms with Gasteiger partial charge in [0, 0.05) is 17.8 Å². The highest BCUT2D eigenvalue weighted by atomic mass is 16.6. The summed E-state index contributed by atoms with van der Waals surface area (Å²) in [7, 11) is 0. The Hall–Kier alpha value is -2.89. The van der Waals surface area contributed by atoms with Crippen molar-refractivity contribution in [2.75, 3.05) is 5.32 Å². The molecular formula is C15H14N2O4. The van der Waals surface area contributed by atoms with Crippen LogP contribution in [0.4, 0.5) is 16.2 Å². The van der Waals surface area contributed by atoms with Crippen LogP contribution in [0.5, 0.6) is 0 Å². The van der Waals surface area contributed by atoms with Gasteiger partial charge in [-0.15, -0.1) is 0 Å². The molecule has 0 spiro atoms. The molecular weight excluding hydrogens is 272 g/mol. The molecule has 0 aliphatic carbocycles. The summed E-state index contributed by atoms with van der Waals surface area (Å²) in [5, 5.41) is 13.1. The molecule has 1 atom stereocenters. The van der Waals surface area contributed by atoms with Crippen LogP contribution in [0, 0.1) is 10.1 Å². The number of carbonyl (C=O) groups excluding carboxylic acids is 1. The largest absolute Gasteiger partial charge is 0.441 e. The Morgan fingerprint density at radius 3 is 2.33 bits per heavy atom. The molecule has 2 aromatic carbocycles. The van der Waals surface area contributed by atoms with Gasteiger partial charge >= 0.3 is 6.09 Å². The topological polar surface area (TPSA) is 81.5 Å². The smallest absolute Gasteiger partial charge is 0.412 e. The second-order valence-corrected chi connectivity index (χ2v) is 4.39. The third-order valence-electron chi connectivity index (χ3n) is 2.88. The zero-order valence-corrected chi connectivity index (χ0v) is 11.4. The summed E-state index contributed by atoms with van der Waals surface area (Å²) in [4.78, 5) is 21.8. The van der Waals surface area contributed by atoms with Gasteiger partial charge in [-0.05, 0) is 24.6 Å². The van der Waals surface area contributed by atoms with Gasteiger partial charge in [0.05, 0.1) is 4.92 Å². The Balaban J connectivity index is 1.94. The Morgan fingerprint density at radius 2 is 1.76 bits per heavy atom. The number of nitrogens with one attached hydrogen (secondary N) is 1. The molecule has 0 saturated carbocycles. The van der Waals surface area contributed by atoms with E-state index in [1.54, 1.807) is 6.92 Å². The van der Waals surface area contributed by atoms with E-state index in [1.165, 1.54) is 24.3 Å². The lowest BCUT2D eigenvalue weighted by Gasteiger charge is -2.14. The molecule has 21 heavy (non-hydrogen) atoms. The lowest BCUT2D eigenvalue weighted by molar-refractivity contribution is -0.384. The summed E-state index contributed by atoms with van der Waals surface area (Å²) in [6.45, 7) is 1.77. The highest BCUT2D eigenvalue weighted by Crippen LogP contribution is 2.19. The first-order valence-corrected chi connectivity index (χ1v) is 6.33. The van der Waals surface area contributed by atoms with Crippen LogP contribution in [-0.2, 0) is 4.74 Å². The molecule has 6 nitrogen and oxygen atoms in total. The number of nitro benzene ring substituents is 1. The zero-order valence-electron chi connectivity index (χ0n) is 11.4. The number of anilines is 1. The van der Waals surface area contributed by atoms with Gasteiger partial charge in [0.1, 0.15) is 6.10 Å². The van der Waals surface area contributed by atoms with Gasteiger partial charge in [-0.2, -0.15) is 0 Å². The molecule has 0 unspecified atom stereocenters. The first kappa shape index (κ1) is 14.5.